The molecule has 0 radical (unpaired) electrons. The van der Waals surface area contributed by atoms with Crippen molar-refractivity contribution in [3.63, 3.8) is 0 Å². The van der Waals surface area contributed by atoms with Crippen LogP contribution < -0.4 is 5.73 Å². The van der Waals surface area contributed by atoms with Crippen LogP contribution in [0.5, 0.6) is 0 Å². The van der Waals surface area contributed by atoms with Gasteiger partial charge in [-0.3, -0.25) is 4.79 Å². The minimum atomic E-state index is 0.149. The van der Waals surface area contributed by atoms with Gasteiger partial charge in [0.15, 0.2) is 0 Å². The molecule has 1 aliphatic carbocycles. The van der Waals surface area contributed by atoms with Gasteiger partial charge in [0.05, 0.1) is 0 Å². The predicted octanol–water partition coefficient (Wildman–Crippen LogP) is 1.39. The third-order valence-corrected chi connectivity index (χ3v) is 3.65. The first-order valence-electron chi connectivity index (χ1n) is 6.56. The van der Waals surface area contributed by atoms with E-state index in [1.54, 1.807) is 7.11 Å². The summed E-state index contributed by atoms with van der Waals surface area (Å²) in [6.07, 6.45) is 5.01. The Bertz CT molecular complexity index is 246. The number of carbonyl (C=O) groups excluding carboxylic acids is 1. The molecule has 0 saturated heterocycles. The Hall–Kier alpha value is -0.610. The fourth-order valence-electron chi connectivity index (χ4n) is 2.59. The fraction of sp³-hybridized carbons (Fsp3) is 0.923. The first-order chi connectivity index (χ1) is 8.06. The third-order valence-electron chi connectivity index (χ3n) is 3.65. The van der Waals surface area contributed by atoms with Crippen molar-refractivity contribution in [3.8, 4) is 0 Å². The Labute approximate surface area is 104 Å². The molecular weight excluding hydrogens is 216 g/mol. The first kappa shape index (κ1) is 14.5. The van der Waals surface area contributed by atoms with E-state index in [4.69, 9.17) is 10.5 Å². The van der Waals surface area contributed by atoms with Crippen molar-refractivity contribution in [2.45, 2.75) is 51.1 Å². The van der Waals surface area contributed by atoms with Crippen LogP contribution in [0.2, 0.25) is 0 Å². The molecule has 0 aliphatic heterocycles. The van der Waals surface area contributed by atoms with Crippen molar-refractivity contribution in [3.05, 3.63) is 0 Å². The summed E-state index contributed by atoms with van der Waals surface area (Å²) in [4.78, 5) is 13.9. The Morgan fingerprint density at radius 2 is 2.12 bits per heavy atom. The SMILES string of the molecule is COCC(C)CC(=O)N(C)C1CCCCC1N. The van der Waals surface area contributed by atoms with Gasteiger partial charge in [0.2, 0.25) is 5.91 Å². The second kappa shape index (κ2) is 6.97. The number of methoxy groups -OCH3 is 1. The zero-order chi connectivity index (χ0) is 12.8. The van der Waals surface area contributed by atoms with Crippen molar-refractivity contribution >= 4 is 5.91 Å². The van der Waals surface area contributed by atoms with E-state index in [1.807, 2.05) is 18.9 Å². The lowest BCUT2D eigenvalue weighted by Gasteiger charge is -2.36. The molecule has 4 heteroatoms. The summed E-state index contributed by atoms with van der Waals surface area (Å²) in [7, 11) is 3.56. The number of likely N-dealkylation sites (N-methyl/N-ethyl adjacent to an activating group) is 1. The van der Waals surface area contributed by atoms with Crippen LogP contribution in [0.1, 0.15) is 39.0 Å². The molecule has 100 valence electrons. The van der Waals surface area contributed by atoms with Gasteiger partial charge in [-0.1, -0.05) is 19.8 Å². The highest BCUT2D eigenvalue weighted by molar-refractivity contribution is 5.76. The van der Waals surface area contributed by atoms with Crippen molar-refractivity contribution in [2.24, 2.45) is 11.7 Å². The van der Waals surface area contributed by atoms with Gasteiger partial charge in [-0.25, -0.2) is 0 Å². The Kier molecular flexibility index (Phi) is 5.92. The zero-order valence-corrected chi connectivity index (χ0v) is 11.3. The maximum atomic E-state index is 12.1. The smallest absolute Gasteiger partial charge is 0.222 e. The van der Waals surface area contributed by atoms with Crippen molar-refractivity contribution in [2.75, 3.05) is 20.8 Å². The van der Waals surface area contributed by atoms with Crippen LogP contribution in [-0.2, 0) is 9.53 Å². The van der Waals surface area contributed by atoms with Gasteiger partial charge in [-0.2, -0.15) is 0 Å². The lowest BCUT2D eigenvalue weighted by Crippen LogP contribution is -2.50. The van der Waals surface area contributed by atoms with Gasteiger partial charge in [0.1, 0.15) is 0 Å². The minimum absolute atomic E-state index is 0.149. The molecule has 0 aromatic carbocycles. The fourth-order valence-corrected chi connectivity index (χ4v) is 2.59. The van der Waals surface area contributed by atoms with E-state index in [0.29, 0.717) is 13.0 Å². The molecule has 1 aliphatic rings. The summed E-state index contributed by atoms with van der Waals surface area (Å²) < 4.78 is 5.06. The summed E-state index contributed by atoms with van der Waals surface area (Å²) in [5, 5.41) is 0. The molecule has 17 heavy (non-hydrogen) atoms. The van der Waals surface area contributed by atoms with Crippen molar-refractivity contribution in [1.29, 1.82) is 0 Å². The average Bonchev–Trinajstić information content (AvgIpc) is 2.29. The first-order valence-corrected chi connectivity index (χ1v) is 6.56. The third kappa shape index (κ3) is 4.28. The minimum Gasteiger partial charge on any atom is -0.384 e. The summed E-state index contributed by atoms with van der Waals surface area (Å²) in [6.45, 7) is 2.67. The highest BCUT2D eigenvalue weighted by Gasteiger charge is 2.28. The van der Waals surface area contributed by atoms with Crippen LogP contribution in [0.4, 0.5) is 0 Å². The van der Waals surface area contributed by atoms with Crippen LogP contribution in [0.25, 0.3) is 0 Å². The van der Waals surface area contributed by atoms with E-state index in [0.717, 1.165) is 12.8 Å². The number of carbonyl (C=O) groups is 1. The van der Waals surface area contributed by atoms with E-state index in [-0.39, 0.29) is 23.9 Å². The van der Waals surface area contributed by atoms with Crippen LogP contribution >= 0.6 is 0 Å². The second-order valence-electron chi connectivity index (χ2n) is 5.28. The maximum Gasteiger partial charge on any atom is 0.222 e. The summed E-state index contributed by atoms with van der Waals surface area (Å²) >= 11 is 0. The van der Waals surface area contributed by atoms with Crippen LogP contribution in [-0.4, -0.2) is 43.7 Å². The van der Waals surface area contributed by atoms with E-state index in [1.165, 1.54) is 12.8 Å². The molecule has 1 rings (SSSR count). The second-order valence-corrected chi connectivity index (χ2v) is 5.28. The van der Waals surface area contributed by atoms with Gasteiger partial charge < -0.3 is 15.4 Å². The van der Waals surface area contributed by atoms with Gasteiger partial charge in [-0.15, -0.1) is 0 Å². The molecule has 0 aromatic heterocycles. The maximum absolute atomic E-state index is 12.1. The van der Waals surface area contributed by atoms with Gasteiger partial charge >= 0.3 is 0 Å². The molecule has 2 N–H and O–H groups in total. The van der Waals surface area contributed by atoms with E-state index >= 15 is 0 Å². The number of nitrogens with two attached hydrogens (primary N) is 1. The predicted molar refractivity (Wildman–Crippen MR) is 68.7 cm³/mol. The molecule has 0 spiro atoms. The van der Waals surface area contributed by atoms with Crippen LogP contribution in [0, 0.1) is 5.92 Å². The number of ether oxygens (including phenoxy) is 1. The summed E-state index contributed by atoms with van der Waals surface area (Å²) in [6, 6.07) is 0.376. The molecule has 1 fully saturated rings. The number of hydrogen-bond acceptors (Lipinski definition) is 3. The van der Waals surface area contributed by atoms with E-state index < -0.39 is 0 Å². The van der Waals surface area contributed by atoms with E-state index in [9.17, 15) is 4.79 Å². The normalized spacial score (nSPS) is 26.6. The van der Waals surface area contributed by atoms with E-state index in [2.05, 4.69) is 0 Å². The standard InChI is InChI=1S/C13H26N2O2/c1-10(9-17-3)8-13(16)15(2)12-7-5-4-6-11(12)14/h10-12H,4-9,14H2,1-3H3. The van der Waals surface area contributed by atoms with Crippen molar-refractivity contribution < 1.29 is 9.53 Å². The molecule has 3 atom stereocenters. The summed E-state index contributed by atoms with van der Waals surface area (Å²) in [5.74, 6) is 0.465. The molecule has 4 nitrogen and oxygen atoms in total. The van der Waals surface area contributed by atoms with Gasteiger partial charge in [0.25, 0.3) is 0 Å². The number of rotatable bonds is 5. The molecule has 3 unspecified atom stereocenters. The highest BCUT2D eigenvalue weighted by atomic mass is 16.5. The lowest BCUT2D eigenvalue weighted by atomic mass is 9.89. The van der Waals surface area contributed by atoms with Crippen molar-refractivity contribution in [1.82, 2.24) is 4.90 Å². The van der Waals surface area contributed by atoms with Gasteiger partial charge in [-0.05, 0) is 18.8 Å². The zero-order valence-electron chi connectivity index (χ0n) is 11.3. The molecule has 1 saturated carbocycles. The Balaban J connectivity index is 2.44. The molecule has 1 amide bonds. The van der Waals surface area contributed by atoms with Gasteiger partial charge in [0, 0.05) is 39.3 Å². The molecule has 0 heterocycles. The summed E-state index contributed by atoms with van der Waals surface area (Å²) in [5.41, 5.74) is 6.09. The van der Waals surface area contributed by atoms with Crippen LogP contribution in [0.3, 0.4) is 0 Å². The highest BCUT2D eigenvalue weighted by Crippen LogP contribution is 2.22. The largest absolute Gasteiger partial charge is 0.384 e. The topological polar surface area (TPSA) is 55.6 Å². The lowest BCUT2D eigenvalue weighted by molar-refractivity contribution is -0.134. The Morgan fingerprint density at radius 3 is 2.71 bits per heavy atom. The monoisotopic (exact) mass is 242 g/mol. The molecule has 0 aromatic rings. The number of amides is 1. The Morgan fingerprint density at radius 1 is 1.47 bits per heavy atom. The number of nitrogens with zero attached hydrogens (tertiary/aromatic N) is 1. The quantitative estimate of drug-likeness (QED) is 0.792. The molecule has 0 bridgehead atoms. The average molecular weight is 242 g/mol. The van der Waals surface area contributed by atoms with Crippen LogP contribution in [0.15, 0.2) is 0 Å². The number of hydrogen-bond donors (Lipinski definition) is 1. The molecular formula is C13H26N2O2.